The topological polar surface area (TPSA) is 53.3 Å². The Morgan fingerprint density at radius 2 is 1.73 bits per heavy atom. The van der Waals surface area contributed by atoms with Crippen LogP contribution in [0, 0.1) is 6.92 Å². The van der Waals surface area contributed by atoms with Gasteiger partial charge in [-0.3, -0.25) is 9.58 Å². The quantitative estimate of drug-likeness (QED) is 0.834. The molecule has 2 fully saturated rings. The van der Waals surface area contributed by atoms with Crippen LogP contribution in [0.4, 0.5) is 11.8 Å². The Morgan fingerprint density at radius 3 is 2.42 bits per heavy atom. The second-order valence-electron chi connectivity index (χ2n) is 7.43. The highest BCUT2D eigenvalue weighted by atomic mass is 15.3. The highest BCUT2D eigenvalue weighted by Crippen LogP contribution is 2.20. The van der Waals surface area contributed by atoms with Crippen LogP contribution in [0.5, 0.6) is 0 Å². The number of piperidine rings is 1. The van der Waals surface area contributed by atoms with Gasteiger partial charge in [-0.05, 0) is 38.3 Å². The number of aryl methyl sites for hydroxylation is 2. The monoisotopic (exact) mass is 355 g/mol. The first-order valence-electron chi connectivity index (χ1n) is 9.74. The number of anilines is 2. The Balaban J connectivity index is 1.35. The fraction of sp³-hybridized carbons (Fsp3) is 0.632. The minimum absolute atomic E-state index is 0.876. The standard InChI is InChI=1S/C19H29N7/c1-16-14-17(22-23(16)2)15-24-10-12-26(13-11-24)19-20-7-6-18(21-19)25-8-4-3-5-9-25/h6-7,14H,3-5,8-13,15H2,1-2H3. The van der Waals surface area contributed by atoms with Gasteiger partial charge in [-0.25, -0.2) is 4.98 Å². The van der Waals surface area contributed by atoms with E-state index in [0.717, 1.165) is 63.3 Å². The fourth-order valence-electron chi connectivity index (χ4n) is 3.84. The number of hydrogen-bond donors (Lipinski definition) is 0. The van der Waals surface area contributed by atoms with E-state index in [-0.39, 0.29) is 0 Å². The summed E-state index contributed by atoms with van der Waals surface area (Å²) >= 11 is 0. The Hall–Kier alpha value is -2.15. The van der Waals surface area contributed by atoms with Gasteiger partial charge in [-0.2, -0.15) is 10.1 Å². The molecule has 0 aromatic carbocycles. The average Bonchev–Trinajstić information content (AvgIpc) is 3.00. The van der Waals surface area contributed by atoms with Crippen molar-refractivity contribution in [1.82, 2.24) is 24.6 Å². The minimum atomic E-state index is 0.876. The molecule has 7 heteroatoms. The van der Waals surface area contributed by atoms with Crippen LogP contribution in [-0.4, -0.2) is 63.9 Å². The summed E-state index contributed by atoms with van der Waals surface area (Å²) in [6.45, 7) is 9.23. The second kappa shape index (κ2) is 7.61. The second-order valence-corrected chi connectivity index (χ2v) is 7.43. The Morgan fingerprint density at radius 1 is 0.962 bits per heavy atom. The lowest BCUT2D eigenvalue weighted by molar-refractivity contribution is 0.245. The SMILES string of the molecule is Cc1cc(CN2CCN(c3nccc(N4CCCCC4)n3)CC2)nn1C. The highest BCUT2D eigenvalue weighted by molar-refractivity contribution is 5.44. The van der Waals surface area contributed by atoms with Gasteiger partial charge in [0, 0.05) is 64.8 Å². The van der Waals surface area contributed by atoms with E-state index >= 15 is 0 Å². The van der Waals surface area contributed by atoms with Crippen molar-refractivity contribution in [1.29, 1.82) is 0 Å². The molecule has 2 aromatic heterocycles. The van der Waals surface area contributed by atoms with Gasteiger partial charge in [0.15, 0.2) is 0 Å². The normalized spacial score (nSPS) is 19.2. The van der Waals surface area contributed by atoms with E-state index in [0.29, 0.717) is 0 Å². The van der Waals surface area contributed by atoms with Crippen molar-refractivity contribution in [3.05, 3.63) is 29.7 Å². The van der Waals surface area contributed by atoms with E-state index in [9.17, 15) is 0 Å². The van der Waals surface area contributed by atoms with Crippen LogP contribution < -0.4 is 9.80 Å². The number of aromatic nitrogens is 4. The molecule has 0 saturated carbocycles. The van der Waals surface area contributed by atoms with Gasteiger partial charge in [0.25, 0.3) is 0 Å². The largest absolute Gasteiger partial charge is 0.356 e. The molecule has 0 bridgehead atoms. The molecule has 0 N–H and O–H groups in total. The zero-order valence-electron chi connectivity index (χ0n) is 15.9. The molecule has 0 atom stereocenters. The fourth-order valence-corrected chi connectivity index (χ4v) is 3.84. The van der Waals surface area contributed by atoms with Crippen molar-refractivity contribution >= 4 is 11.8 Å². The molecule has 0 unspecified atom stereocenters. The van der Waals surface area contributed by atoms with Gasteiger partial charge in [0.05, 0.1) is 5.69 Å². The third kappa shape index (κ3) is 3.82. The molecule has 2 aromatic rings. The summed E-state index contributed by atoms with van der Waals surface area (Å²) < 4.78 is 1.95. The van der Waals surface area contributed by atoms with Crippen LogP contribution in [0.3, 0.4) is 0 Å². The van der Waals surface area contributed by atoms with Gasteiger partial charge in [-0.1, -0.05) is 0 Å². The molecule has 0 amide bonds. The van der Waals surface area contributed by atoms with E-state index in [1.807, 2.05) is 17.9 Å². The van der Waals surface area contributed by atoms with Gasteiger partial charge in [-0.15, -0.1) is 0 Å². The first-order valence-corrected chi connectivity index (χ1v) is 9.74. The van der Waals surface area contributed by atoms with Crippen LogP contribution in [0.2, 0.25) is 0 Å². The lowest BCUT2D eigenvalue weighted by atomic mass is 10.1. The Bertz CT molecular complexity index is 708. The van der Waals surface area contributed by atoms with Crippen molar-refractivity contribution in [3.63, 3.8) is 0 Å². The molecule has 2 aliphatic heterocycles. The molecule has 140 valence electrons. The average molecular weight is 355 g/mol. The zero-order valence-corrected chi connectivity index (χ0v) is 15.9. The number of nitrogens with zero attached hydrogens (tertiary/aromatic N) is 7. The van der Waals surface area contributed by atoms with Crippen LogP contribution in [0.1, 0.15) is 30.7 Å². The molecule has 7 nitrogen and oxygen atoms in total. The molecule has 2 saturated heterocycles. The van der Waals surface area contributed by atoms with Crippen LogP contribution in [-0.2, 0) is 13.6 Å². The van der Waals surface area contributed by atoms with Crippen molar-refractivity contribution in [2.45, 2.75) is 32.7 Å². The van der Waals surface area contributed by atoms with E-state index in [1.54, 1.807) is 0 Å². The van der Waals surface area contributed by atoms with Crippen molar-refractivity contribution in [2.75, 3.05) is 49.1 Å². The smallest absolute Gasteiger partial charge is 0.227 e. The Labute approximate surface area is 155 Å². The summed E-state index contributed by atoms with van der Waals surface area (Å²) in [5.41, 5.74) is 2.36. The number of rotatable bonds is 4. The lowest BCUT2D eigenvalue weighted by Gasteiger charge is -2.35. The maximum absolute atomic E-state index is 4.85. The maximum Gasteiger partial charge on any atom is 0.227 e. The molecule has 4 rings (SSSR count). The lowest BCUT2D eigenvalue weighted by Crippen LogP contribution is -2.46. The summed E-state index contributed by atoms with van der Waals surface area (Å²) in [6, 6.07) is 4.23. The molecule has 26 heavy (non-hydrogen) atoms. The predicted molar refractivity (Wildman–Crippen MR) is 104 cm³/mol. The maximum atomic E-state index is 4.85. The summed E-state index contributed by atoms with van der Waals surface area (Å²) in [6.07, 6.45) is 5.79. The molecule has 2 aliphatic rings. The molecular formula is C19H29N7. The first-order chi connectivity index (χ1) is 12.7. The van der Waals surface area contributed by atoms with Gasteiger partial charge < -0.3 is 9.80 Å². The molecule has 0 radical (unpaired) electrons. The molecule has 0 spiro atoms. The molecule has 0 aliphatic carbocycles. The van der Waals surface area contributed by atoms with E-state index in [4.69, 9.17) is 4.98 Å². The van der Waals surface area contributed by atoms with Gasteiger partial charge in [0.1, 0.15) is 5.82 Å². The highest BCUT2D eigenvalue weighted by Gasteiger charge is 2.21. The van der Waals surface area contributed by atoms with Crippen molar-refractivity contribution in [3.8, 4) is 0 Å². The number of hydrogen-bond acceptors (Lipinski definition) is 6. The summed E-state index contributed by atoms with van der Waals surface area (Å²) in [5.74, 6) is 1.96. The Kier molecular flexibility index (Phi) is 5.06. The zero-order chi connectivity index (χ0) is 17.9. The van der Waals surface area contributed by atoms with Crippen molar-refractivity contribution < 1.29 is 0 Å². The van der Waals surface area contributed by atoms with Crippen LogP contribution >= 0.6 is 0 Å². The van der Waals surface area contributed by atoms with E-state index in [2.05, 4.69) is 43.8 Å². The molecule has 4 heterocycles. The summed E-state index contributed by atoms with van der Waals surface area (Å²) in [4.78, 5) is 16.6. The van der Waals surface area contributed by atoms with Gasteiger partial charge >= 0.3 is 0 Å². The predicted octanol–water partition coefficient (Wildman–Crippen LogP) is 1.83. The minimum Gasteiger partial charge on any atom is -0.356 e. The van der Waals surface area contributed by atoms with Crippen molar-refractivity contribution in [2.24, 2.45) is 7.05 Å². The third-order valence-corrected chi connectivity index (χ3v) is 5.51. The van der Waals surface area contributed by atoms with Crippen LogP contribution in [0.15, 0.2) is 18.3 Å². The summed E-state index contributed by atoms with van der Waals surface area (Å²) in [5, 5.41) is 4.58. The van der Waals surface area contributed by atoms with E-state index < -0.39 is 0 Å². The first kappa shape index (κ1) is 17.3. The van der Waals surface area contributed by atoms with Gasteiger partial charge in [0.2, 0.25) is 5.95 Å². The third-order valence-electron chi connectivity index (χ3n) is 5.51. The summed E-state index contributed by atoms with van der Waals surface area (Å²) in [7, 11) is 2.00. The number of piperazine rings is 1. The molecular weight excluding hydrogens is 326 g/mol. The van der Waals surface area contributed by atoms with E-state index in [1.165, 1.54) is 25.0 Å². The van der Waals surface area contributed by atoms with Crippen LogP contribution in [0.25, 0.3) is 0 Å².